The number of amides is 1. The van der Waals surface area contributed by atoms with Crippen molar-refractivity contribution in [2.75, 3.05) is 19.5 Å². The zero-order valence-electron chi connectivity index (χ0n) is 11.6. The predicted octanol–water partition coefficient (Wildman–Crippen LogP) is 1.92. The van der Waals surface area contributed by atoms with Crippen molar-refractivity contribution in [2.24, 2.45) is 0 Å². The van der Waals surface area contributed by atoms with Crippen LogP contribution < -0.4 is 0 Å². The third-order valence-electron chi connectivity index (χ3n) is 3.88. The number of carbonyl (C=O) groups excluding carboxylic acids is 1. The first-order valence-electron chi connectivity index (χ1n) is 6.77. The highest BCUT2D eigenvalue weighted by Crippen LogP contribution is 2.29. The Hall–Kier alpha value is -1.62. The monoisotopic (exact) mass is 292 g/mol. The number of hydrogen-bond donors (Lipinski definition) is 0. The molecule has 1 aliphatic heterocycles. The lowest BCUT2D eigenvalue weighted by Crippen LogP contribution is -2.25. The molecule has 0 bridgehead atoms. The molecular formula is C14H17ClN4O. The van der Waals surface area contributed by atoms with Crippen molar-refractivity contribution < 1.29 is 4.79 Å². The second-order valence-corrected chi connectivity index (χ2v) is 5.58. The Kier molecular flexibility index (Phi) is 3.38. The van der Waals surface area contributed by atoms with Gasteiger partial charge in [-0.1, -0.05) is 0 Å². The average Bonchev–Trinajstić information content (AvgIpc) is 2.94. The lowest BCUT2D eigenvalue weighted by atomic mass is 10.2. The van der Waals surface area contributed by atoms with E-state index in [-0.39, 0.29) is 11.9 Å². The number of carbonyl (C=O) groups is 1. The fourth-order valence-corrected chi connectivity index (χ4v) is 2.96. The van der Waals surface area contributed by atoms with E-state index in [4.69, 9.17) is 11.6 Å². The molecule has 1 aliphatic rings. The van der Waals surface area contributed by atoms with Gasteiger partial charge < -0.3 is 4.90 Å². The molecule has 5 nitrogen and oxygen atoms in total. The van der Waals surface area contributed by atoms with Gasteiger partial charge in [-0.2, -0.15) is 0 Å². The molecule has 0 aliphatic carbocycles. The molecule has 0 spiro atoms. The van der Waals surface area contributed by atoms with Gasteiger partial charge in [0.1, 0.15) is 17.4 Å². The van der Waals surface area contributed by atoms with E-state index in [2.05, 4.69) is 9.97 Å². The van der Waals surface area contributed by atoms with Crippen LogP contribution in [0.4, 0.5) is 0 Å². The summed E-state index contributed by atoms with van der Waals surface area (Å²) in [7, 11) is 1.83. The lowest BCUT2D eigenvalue weighted by molar-refractivity contribution is -0.129. The number of likely N-dealkylation sites (tertiary alicyclic amines) is 1. The molecule has 6 heteroatoms. The van der Waals surface area contributed by atoms with Gasteiger partial charge >= 0.3 is 0 Å². The van der Waals surface area contributed by atoms with Crippen LogP contribution in [0.1, 0.15) is 23.9 Å². The minimum atomic E-state index is -0.197. The number of halogens is 1. The van der Waals surface area contributed by atoms with Crippen LogP contribution in [0, 0.1) is 6.92 Å². The Morgan fingerprint density at radius 2 is 2.30 bits per heavy atom. The van der Waals surface area contributed by atoms with Crippen molar-refractivity contribution in [2.45, 2.75) is 25.8 Å². The Morgan fingerprint density at radius 1 is 1.50 bits per heavy atom. The van der Waals surface area contributed by atoms with E-state index in [1.807, 2.05) is 24.6 Å². The molecule has 1 atom stereocenters. The summed E-state index contributed by atoms with van der Waals surface area (Å²) in [4.78, 5) is 23.2. The van der Waals surface area contributed by atoms with E-state index >= 15 is 0 Å². The highest BCUT2D eigenvalue weighted by molar-refractivity contribution is 6.17. The van der Waals surface area contributed by atoms with Crippen LogP contribution >= 0.6 is 11.6 Å². The average molecular weight is 293 g/mol. The molecule has 20 heavy (non-hydrogen) atoms. The van der Waals surface area contributed by atoms with Crippen LogP contribution in [0.2, 0.25) is 0 Å². The molecule has 2 aromatic heterocycles. The molecule has 1 fully saturated rings. The maximum absolute atomic E-state index is 12.3. The van der Waals surface area contributed by atoms with Crippen LogP contribution in [-0.2, 0) is 11.2 Å². The summed E-state index contributed by atoms with van der Waals surface area (Å²) in [5.41, 5.74) is 2.73. The number of hydrogen-bond acceptors (Lipinski definition) is 3. The summed E-state index contributed by atoms with van der Waals surface area (Å²) in [6.07, 6.45) is 3.21. The topological polar surface area (TPSA) is 51.0 Å². The van der Waals surface area contributed by atoms with Crippen molar-refractivity contribution in [3.05, 3.63) is 23.7 Å². The largest absolute Gasteiger partial charge is 0.344 e. The number of imidazole rings is 1. The van der Waals surface area contributed by atoms with Crippen LogP contribution in [0.3, 0.4) is 0 Å². The van der Waals surface area contributed by atoms with Gasteiger partial charge in [0.15, 0.2) is 5.65 Å². The summed E-state index contributed by atoms with van der Waals surface area (Å²) in [6, 6.07) is 1.74. The second-order valence-electron chi connectivity index (χ2n) is 5.20. The maximum atomic E-state index is 12.3. The van der Waals surface area contributed by atoms with Gasteiger partial charge in [-0.3, -0.25) is 9.36 Å². The fourth-order valence-electron chi connectivity index (χ4n) is 2.79. The number of pyridine rings is 1. The number of likely N-dealkylation sites (N-methyl/N-ethyl adjacent to an activating group) is 1. The van der Waals surface area contributed by atoms with Gasteiger partial charge in [0.05, 0.1) is 0 Å². The smallest absolute Gasteiger partial charge is 0.245 e. The van der Waals surface area contributed by atoms with E-state index in [0.717, 1.165) is 35.5 Å². The van der Waals surface area contributed by atoms with Crippen molar-refractivity contribution in [1.29, 1.82) is 0 Å². The zero-order valence-corrected chi connectivity index (χ0v) is 12.4. The number of fused-ring (bicyclic) bond motifs is 1. The van der Waals surface area contributed by atoms with E-state index in [0.29, 0.717) is 12.3 Å². The van der Waals surface area contributed by atoms with E-state index in [1.165, 1.54) is 0 Å². The van der Waals surface area contributed by atoms with Crippen molar-refractivity contribution in [3.8, 4) is 0 Å². The molecule has 3 heterocycles. The van der Waals surface area contributed by atoms with Crippen molar-refractivity contribution in [1.82, 2.24) is 19.4 Å². The Morgan fingerprint density at radius 3 is 2.95 bits per heavy atom. The van der Waals surface area contributed by atoms with Crippen molar-refractivity contribution in [3.63, 3.8) is 0 Å². The van der Waals surface area contributed by atoms with Crippen LogP contribution in [0.5, 0.6) is 0 Å². The molecule has 0 aromatic carbocycles. The van der Waals surface area contributed by atoms with E-state index in [9.17, 15) is 4.79 Å². The van der Waals surface area contributed by atoms with Gasteiger partial charge in [0, 0.05) is 32.1 Å². The van der Waals surface area contributed by atoms with Gasteiger partial charge in [0.25, 0.3) is 0 Å². The third kappa shape index (κ3) is 1.97. The number of alkyl halides is 1. The standard InChI is InChI=1S/C14H17ClN4O/c1-9-4-7-16-13-12(9)17-11(3-6-15)19(13)10-5-8-18(2)14(10)20/h4,7,10H,3,5-6,8H2,1-2H3. The highest BCUT2D eigenvalue weighted by Gasteiger charge is 2.33. The summed E-state index contributed by atoms with van der Waals surface area (Å²) < 4.78 is 1.98. The quantitative estimate of drug-likeness (QED) is 0.812. The van der Waals surface area contributed by atoms with Crippen LogP contribution in [-0.4, -0.2) is 44.8 Å². The molecule has 1 saturated heterocycles. The first-order valence-corrected chi connectivity index (χ1v) is 7.30. The number of aryl methyl sites for hydroxylation is 2. The van der Waals surface area contributed by atoms with Gasteiger partial charge in [-0.05, 0) is 25.0 Å². The normalized spacial score (nSPS) is 19.2. The fraction of sp³-hybridized carbons (Fsp3) is 0.500. The SMILES string of the molecule is Cc1ccnc2c1nc(CCCl)n2C1CCN(C)C1=O. The maximum Gasteiger partial charge on any atom is 0.245 e. The molecule has 1 unspecified atom stereocenters. The summed E-state index contributed by atoms with van der Waals surface area (Å²) in [5, 5.41) is 0. The second kappa shape index (κ2) is 5.05. The van der Waals surface area contributed by atoms with E-state index < -0.39 is 0 Å². The lowest BCUT2D eigenvalue weighted by Gasteiger charge is -2.15. The van der Waals surface area contributed by atoms with Gasteiger partial charge in [-0.25, -0.2) is 9.97 Å². The molecule has 2 aromatic rings. The molecule has 0 radical (unpaired) electrons. The van der Waals surface area contributed by atoms with Crippen molar-refractivity contribution >= 4 is 28.7 Å². The van der Waals surface area contributed by atoms with Crippen LogP contribution in [0.15, 0.2) is 12.3 Å². The molecule has 106 valence electrons. The Balaban J connectivity index is 2.19. The summed E-state index contributed by atoms with van der Waals surface area (Å²) >= 11 is 5.88. The van der Waals surface area contributed by atoms with Gasteiger partial charge in [0.2, 0.25) is 5.91 Å². The highest BCUT2D eigenvalue weighted by atomic mass is 35.5. The van der Waals surface area contributed by atoms with Crippen LogP contribution in [0.25, 0.3) is 11.2 Å². The third-order valence-corrected chi connectivity index (χ3v) is 4.07. The molecule has 0 N–H and O–H groups in total. The minimum Gasteiger partial charge on any atom is -0.344 e. The molecule has 0 saturated carbocycles. The minimum absolute atomic E-state index is 0.128. The zero-order chi connectivity index (χ0) is 14.3. The Bertz CT molecular complexity index is 666. The first-order chi connectivity index (χ1) is 9.63. The Labute approximate surface area is 122 Å². The van der Waals surface area contributed by atoms with Gasteiger partial charge in [-0.15, -0.1) is 11.6 Å². The summed E-state index contributed by atoms with van der Waals surface area (Å²) in [5.74, 6) is 1.47. The van der Waals surface area contributed by atoms with E-state index in [1.54, 1.807) is 11.1 Å². The predicted molar refractivity (Wildman–Crippen MR) is 78.0 cm³/mol. The molecule has 3 rings (SSSR count). The molecular weight excluding hydrogens is 276 g/mol. The number of aromatic nitrogens is 3. The summed E-state index contributed by atoms with van der Waals surface area (Å²) in [6.45, 7) is 2.78. The first kappa shape index (κ1) is 13.4. The number of rotatable bonds is 3. The number of nitrogens with zero attached hydrogens (tertiary/aromatic N) is 4. The molecule has 1 amide bonds.